The highest BCUT2D eigenvalue weighted by Gasteiger charge is 2.39. The lowest BCUT2D eigenvalue weighted by atomic mass is 9.95. The van der Waals surface area contributed by atoms with Gasteiger partial charge in [0.2, 0.25) is 11.8 Å². The van der Waals surface area contributed by atoms with Crippen molar-refractivity contribution in [3.05, 3.63) is 45.6 Å². The van der Waals surface area contributed by atoms with E-state index in [-0.39, 0.29) is 23.6 Å². The highest BCUT2D eigenvalue weighted by Crippen LogP contribution is 2.28. The highest BCUT2D eigenvalue weighted by molar-refractivity contribution is 6.35. The molecular weight excluding hydrogens is 455 g/mol. The Balaban J connectivity index is 1.36. The predicted molar refractivity (Wildman–Crippen MR) is 120 cm³/mol. The molecule has 32 heavy (non-hydrogen) atoms. The minimum atomic E-state index is -0.527. The summed E-state index contributed by atoms with van der Waals surface area (Å²) < 4.78 is 4.97. The number of carbonyl (C=O) groups is 3. The van der Waals surface area contributed by atoms with E-state index in [4.69, 9.17) is 27.7 Å². The van der Waals surface area contributed by atoms with Crippen LogP contribution in [0.2, 0.25) is 10.0 Å². The van der Waals surface area contributed by atoms with Crippen molar-refractivity contribution in [1.29, 1.82) is 0 Å². The van der Waals surface area contributed by atoms with Crippen molar-refractivity contribution < 1.29 is 18.9 Å². The summed E-state index contributed by atoms with van der Waals surface area (Å²) in [5, 5.41) is 7.27. The summed E-state index contributed by atoms with van der Waals surface area (Å²) in [5.74, 6) is 0.313. The third-order valence-electron chi connectivity index (χ3n) is 6.01. The molecule has 4 rings (SSSR count). The maximum atomic E-state index is 13.2. The van der Waals surface area contributed by atoms with Gasteiger partial charge in [0.15, 0.2) is 5.82 Å². The second-order valence-electron chi connectivity index (χ2n) is 8.19. The van der Waals surface area contributed by atoms with Crippen molar-refractivity contribution in [3.63, 3.8) is 0 Å². The number of benzene rings is 1. The van der Waals surface area contributed by atoms with E-state index < -0.39 is 6.04 Å². The lowest BCUT2D eigenvalue weighted by molar-refractivity contribution is -0.138. The van der Waals surface area contributed by atoms with Crippen LogP contribution in [0.25, 0.3) is 0 Å². The first-order valence-corrected chi connectivity index (χ1v) is 11.4. The summed E-state index contributed by atoms with van der Waals surface area (Å²) >= 11 is 12.2. The number of carbonyl (C=O) groups excluding carboxylic acids is 3. The van der Waals surface area contributed by atoms with Gasteiger partial charge < -0.3 is 19.6 Å². The number of aryl methyl sites for hydroxylation is 1. The third-order valence-corrected chi connectivity index (χ3v) is 6.58. The maximum Gasteiger partial charge on any atom is 0.256 e. The first kappa shape index (κ1) is 22.6. The fourth-order valence-corrected chi connectivity index (χ4v) is 4.68. The molecule has 2 fully saturated rings. The van der Waals surface area contributed by atoms with Crippen LogP contribution < -0.4 is 5.32 Å². The van der Waals surface area contributed by atoms with Crippen molar-refractivity contribution >= 4 is 46.7 Å². The molecule has 1 unspecified atom stereocenters. The van der Waals surface area contributed by atoms with Crippen LogP contribution in [0.15, 0.2) is 28.8 Å². The van der Waals surface area contributed by atoms with Gasteiger partial charge in [-0.15, -0.1) is 0 Å². The van der Waals surface area contributed by atoms with Crippen LogP contribution in [0.1, 0.15) is 41.8 Å². The second-order valence-corrected chi connectivity index (χ2v) is 9.04. The molecule has 1 aromatic heterocycles. The van der Waals surface area contributed by atoms with E-state index in [1.54, 1.807) is 34.9 Å². The predicted octanol–water partition coefficient (Wildman–Crippen LogP) is 3.77. The molecule has 3 amide bonds. The summed E-state index contributed by atoms with van der Waals surface area (Å²) in [6.07, 6.45) is 2.45. The quantitative estimate of drug-likeness (QED) is 0.721. The van der Waals surface area contributed by atoms with Crippen molar-refractivity contribution in [3.8, 4) is 0 Å². The number of nitrogens with zero attached hydrogens (tertiary/aromatic N) is 3. The Morgan fingerprint density at radius 3 is 2.53 bits per heavy atom. The van der Waals surface area contributed by atoms with E-state index in [1.165, 1.54) is 6.07 Å². The van der Waals surface area contributed by atoms with Gasteiger partial charge in [-0.2, -0.15) is 0 Å². The standard InChI is InChI=1S/C22H24Cl2N4O4/c1-13-11-19(26-32-13)25-20(29)14-6-9-27(10-7-14)22(31)18-3-2-8-28(18)21(30)16-12-15(23)4-5-17(16)24/h4-5,11-12,14,18H,2-3,6-10H2,1H3,(H,25,26,29). The van der Waals surface area contributed by atoms with Gasteiger partial charge in [0, 0.05) is 36.6 Å². The molecule has 2 aromatic rings. The van der Waals surface area contributed by atoms with E-state index in [9.17, 15) is 14.4 Å². The molecule has 2 aliphatic rings. The average molecular weight is 479 g/mol. The molecule has 8 nitrogen and oxygen atoms in total. The molecule has 10 heteroatoms. The molecule has 1 N–H and O–H groups in total. The number of anilines is 1. The number of halogens is 2. The maximum absolute atomic E-state index is 13.2. The Morgan fingerprint density at radius 2 is 1.84 bits per heavy atom. The lowest BCUT2D eigenvalue weighted by Gasteiger charge is -2.35. The minimum Gasteiger partial charge on any atom is -0.360 e. The summed E-state index contributed by atoms with van der Waals surface area (Å²) in [7, 11) is 0. The van der Waals surface area contributed by atoms with Crippen LogP contribution in [0.5, 0.6) is 0 Å². The first-order valence-electron chi connectivity index (χ1n) is 10.6. The van der Waals surface area contributed by atoms with Crippen LogP contribution in [0.4, 0.5) is 5.82 Å². The van der Waals surface area contributed by atoms with Gasteiger partial charge in [-0.3, -0.25) is 14.4 Å². The zero-order valence-corrected chi connectivity index (χ0v) is 19.2. The van der Waals surface area contributed by atoms with E-state index >= 15 is 0 Å². The number of aromatic nitrogens is 1. The topological polar surface area (TPSA) is 95.8 Å². The van der Waals surface area contributed by atoms with E-state index in [1.807, 2.05) is 0 Å². The molecule has 170 valence electrons. The Labute approximate surface area is 195 Å². The number of hydrogen-bond acceptors (Lipinski definition) is 5. The molecule has 3 heterocycles. The SMILES string of the molecule is Cc1cc(NC(=O)C2CCN(C(=O)C3CCCN3C(=O)c3cc(Cl)ccc3Cl)CC2)no1. The number of piperidine rings is 1. The number of nitrogens with one attached hydrogen (secondary N) is 1. The van der Waals surface area contributed by atoms with Gasteiger partial charge in [0.25, 0.3) is 5.91 Å². The summed E-state index contributed by atoms with van der Waals surface area (Å²) in [6.45, 7) is 3.18. The van der Waals surface area contributed by atoms with Crippen LogP contribution in [0.3, 0.4) is 0 Å². The average Bonchev–Trinajstić information content (AvgIpc) is 3.43. The second kappa shape index (κ2) is 9.50. The van der Waals surface area contributed by atoms with Crippen molar-refractivity contribution in [1.82, 2.24) is 15.0 Å². The largest absolute Gasteiger partial charge is 0.360 e. The molecule has 0 bridgehead atoms. The number of rotatable bonds is 4. The zero-order valence-electron chi connectivity index (χ0n) is 17.6. The van der Waals surface area contributed by atoms with Crippen molar-refractivity contribution in [2.75, 3.05) is 25.0 Å². The summed E-state index contributed by atoms with van der Waals surface area (Å²) in [5.41, 5.74) is 0.303. The van der Waals surface area contributed by atoms with Crippen LogP contribution in [-0.4, -0.2) is 58.4 Å². The number of amides is 3. The lowest BCUT2D eigenvalue weighted by Crippen LogP contribution is -2.50. The van der Waals surface area contributed by atoms with Crippen LogP contribution in [-0.2, 0) is 9.59 Å². The van der Waals surface area contributed by atoms with Gasteiger partial charge >= 0.3 is 0 Å². The number of likely N-dealkylation sites (tertiary alicyclic amines) is 2. The molecule has 0 spiro atoms. The normalized spacial score (nSPS) is 19.3. The molecule has 2 aliphatic heterocycles. The van der Waals surface area contributed by atoms with Crippen LogP contribution >= 0.6 is 23.2 Å². The van der Waals surface area contributed by atoms with Crippen LogP contribution in [0, 0.1) is 12.8 Å². The Hall–Kier alpha value is -2.58. The minimum absolute atomic E-state index is 0.0833. The monoisotopic (exact) mass is 478 g/mol. The third kappa shape index (κ3) is 4.76. The Bertz CT molecular complexity index is 1030. The molecule has 0 saturated carbocycles. The molecule has 2 saturated heterocycles. The van der Waals surface area contributed by atoms with Gasteiger partial charge in [-0.05, 0) is 50.8 Å². The summed E-state index contributed by atoms with van der Waals surface area (Å²) in [4.78, 5) is 42.1. The van der Waals surface area contributed by atoms with Gasteiger partial charge in [-0.1, -0.05) is 28.4 Å². The smallest absolute Gasteiger partial charge is 0.256 e. The van der Waals surface area contributed by atoms with E-state index in [0.29, 0.717) is 66.1 Å². The van der Waals surface area contributed by atoms with Crippen molar-refractivity contribution in [2.24, 2.45) is 5.92 Å². The molecule has 1 aromatic carbocycles. The van der Waals surface area contributed by atoms with E-state index in [2.05, 4.69) is 10.5 Å². The number of hydrogen-bond donors (Lipinski definition) is 1. The fourth-order valence-electron chi connectivity index (χ4n) is 4.31. The van der Waals surface area contributed by atoms with E-state index in [0.717, 1.165) is 6.42 Å². The van der Waals surface area contributed by atoms with Gasteiger partial charge in [0.1, 0.15) is 11.8 Å². The molecule has 0 radical (unpaired) electrons. The Morgan fingerprint density at radius 1 is 1.09 bits per heavy atom. The molecule has 1 atom stereocenters. The highest BCUT2D eigenvalue weighted by atomic mass is 35.5. The van der Waals surface area contributed by atoms with Gasteiger partial charge in [0.05, 0.1) is 10.6 Å². The first-order chi connectivity index (χ1) is 15.3. The molecule has 0 aliphatic carbocycles. The zero-order chi connectivity index (χ0) is 22.8. The van der Waals surface area contributed by atoms with Crippen molar-refractivity contribution in [2.45, 2.75) is 38.6 Å². The Kier molecular flexibility index (Phi) is 6.71. The molecular formula is C22H24Cl2N4O4. The fraction of sp³-hybridized carbons (Fsp3) is 0.455. The van der Waals surface area contributed by atoms with Gasteiger partial charge in [-0.25, -0.2) is 0 Å². The summed E-state index contributed by atoms with van der Waals surface area (Å²) in [6, 6.07) is 5.87.